The van der Waals surface area contributed by atoms with E-state index in [0.717, 1.165) is 10.5 Å². The molecule has 0 N–H and O–H groups in total. The van der Waals surface area contributed by atoms with Crippen molar-refractivity contribution in [3.05, 3.63) is 40.4 Å². The molecule has 4 heteroatoms. The number of halogens is 4. The Hall–Kier alpha value is -0.770. The van der Waals surface area contributed by atoms with Crippen LogP contribution in [0.5, 0.6) is 0 Å². The zero-order valence-electron chi connectivity index (χ0n) is 6.48. The number of alkyl halides is 3. The third-order valence-corrected chi connectivity index (χ3v) is 1.81. The van der Waals surface area contributed by atoms with Gasteiger partial charge in [0.05, 0.1) is 0 Å². The predicted octanol–water partition coefficient (Wildman–Crippen LogP) is 4.02. The lowest BCUT2D eigenvalue weighted by molar-refractivity contribution is -0.0790. The van der Waals surface area contributed by atoms with Gasteiger partial charge in [-0.15, -0.1) is 0 Å². The lowest BCUT2D eigenvalue weighted by Crippen LogP contribution is -1.99. The van der Waals surface area contributed by atoms with Crippen LogP contribution in [0.2, 0.25) is 0 Å². The molecule has 0 heterocycles. The molecule has 1 rings (SSSR count). The predicted molar refractivity (Wildman–Crippen MR) is 49.2 cm³/mol. The maximum Gasteiger partial charge on any atom is 0.409 e. The smallest absolute Gasteiger partial charge is 0.167 e. The van der Waals surface area contributed by atoms with Crippen LogP contribution in [0.4, 0.5) is 13.2 Å². The fraction of sp³-hybridized carbons (Fsp3) is 0.111. The Morgan fingerprint density at radius 1 is 1.23 bits per heavy atom. The second-order valence-electron chi connectivity index (χ2n) is 2.43. The Labute approximate surface area is 82.2 Å². The summed E-state index contributed by atoms with van der Waals surface area (Å²) in [5.74, 6) is 0. The van der Waals surface area contributed by atoms with Crippen molar-refractivity contribution in [3.63, 3.8) is 0 Å². The van der Waals surface area contributed by atoms with Crippen molar-refractivity contribution in [2.45, 2.75) is 6.18 Å². The molecule has 1 aromatic carbocycles. The molecule has 0 aromatic heterocycles. The topological polar surface area (TPSA) is 0 Å². The summed E-state index contributed by atoms with van der Waals surface area (Å²) in [5, 5.41) is 0. The summed E-state index contributed by atoms with van der Waals surface area (Å²) < 4.78 is 36.0. The molecule has 0 bridgehead atoms. The van der Waals surface area contributed by atoms with Crippen LogP contribution in [-0.2, 0) is 0 Å². The average molecular weight is 251 g/mol. The Balaban J connectivity index is 2.80. The van der Waals surface area contributed by atoms with E-state index in [0.29, 0.717) is 5.56 Å². The van der Waals surface area contributed by atoms with Crippen LogP contribution in [0, 0.1) is 0 Å². The summed E-state index contributed by atoms with van der Waals surface area (Å²) in [6.45, 7) is 0. The first-order chi connectivity index (χ1) is 5.97. The molecule has 0 saturated carbocycles. The van der Waals surface area contributed by atoms with Crippen molar-refractivity contribution in [2.24, 2.45) is 0 Å². The van der Waals surface area contributed by atoms with Crippen molar-refractivity contribution in [3.8, 4) is 0 Å². The molecule has 70 valence electrons. The number of benzene rings is 1. The number of rotatable bonds is 1. The van der Waals surface area contributed by atoms with E-state index >= 15 is 0 Å². The number of hydrogen-bond donors (Lipinski definition) is 0. The Kier molecular flexibility index (Phi) is 3.14. The minimum atomic E-state index is -4.25. The molecule has 0 nitrogen and oxygen atoms in total. The number of allylic oxidation sites excluding steroid dienone is 1. The van der Waals surface area contributed by atoms with Crippen molar-refractivity contribution in [2.75, 3.05) is 0 Å². The molecule has 0 aliphatic heterocycles. The van der Waals surface area contributed by atoms with Crippen LogP contribution in [0.15, 0.2) is 34.8 Å². The number of hydrogen-bond acceptors (Lipinski definition) is 0. The summed E-state index contributed by atoms with van der Waals surface area (Å²) >= 11 is 3.17. The molecular weight excluding hydrogens is 245 g/mol. The van der Waals surface area contributed by atoms with E-state index < -0.39 is 6.18 Å². The van der Waals surface area contributed by atoms with Crippen molar-refractivity contribution < 1.29 is 13.2 Å². The van der Waals surface area contributed by atoms with Crippen LogP contribution in [0.1, 0.15) is 5.56 Å². The van der Waals surface area contributed by atoms with E-state index in [1.165, 1.54) is 0 Å². The van der Waals surface area contributed by atoms with Crippen molar-refractivity contribution in [1.29, 1.82) is 0 Å². The summed E-state index contributed by atoms with van der Waals surface area (Å²) in [5.41, 5.74) is 0.520. The zero-order chi connectivity index (χ0) is 9.90. The van der Waals surface area contributed by atoms with Crippen molar-refractivity contribution in [1.82, 2.24) is 0 Å². The molecule has 0 fully saturated rings. The zero-order valence-corrected chi connectivity index (χ0v) is 8.06. The summed E-state index contributed by atoms with van der Waals surface area (Å²) in [7, 11) is 0. The molecule has 0 aliphatic rings. The van der Waals surface area contributed by atoms with Gasteiger partial charge >= 0.3 is 6.18 Å². The first-order valence-corrected chi connectivity index (χ1v) is 4.28. The van der Waals surface area contributed by atoms with Gasteiger partial charge in [0.2, 0.25) is 0 Å². The highest BCUT2D eigenvalue weighted by molar-refractivity contribution is 9.10. The summed E-state index contributed by atoms with van der Waals surface area (Å²) in [6, 6.07) is 6.65. The average Bonchev–Trinajstić information content (AvgIpc) is 2.00. The fourth-order valence-corrected chi connectivity index (χ4v) is 1.22. The monoisotopic (exact) mass is 250 g/mol. The molecule has 0 spiro atoms. The van der Waals surface area contributed by atoms with E-state index in [1.807, 2.05) is 0 Å². The van der Waals surface area contributed by atoms with E-state index in [4.69, 9.17) is 0 Å². The SMILES string of the molecule is FC(F)(F)C=Cc1cccc(Br)c1. The first-order valence-electron chi connectivity index (χ1n) is 3.49. The fourth-order valence-electron chi connectivity index (χ4n) is 0.801. The highest BCUT2D eigenvalue weighted by atomic mass is 79.9. The first kappa shape index (κ1) is 10.3. The van der Waals surface area contributed by atoms with Gasteiger partial charge in [-0.3, -0.25) is 0 Å². The van der Waals surface area contributed by atoms with E-state index in [2.05, 4.69) is 15.9 Å². The van der Waals surface area contributed by atoms with Gasteiger partial charge in [0, 0.05) is 10.5 Å². The lowest BCUT2D eigenvalue weighted by atomic mass is 10.2. The minimum absolute atomic E-state index is 0.217. The standard InChI is InChI=1S/C9H6BrF3/c10-8-3-1-2-7(6-8)4-5-9(11,12)13/h1-6H. The van der Waals surface area contributed by atoms with Crippen LogP contribution < -0.4 is 0 Å². The lowest BCUT2D eigenvalue weighted by Gasteiger charge is -1.98. The Morgan fingerprint density at radius 3 is 2.46 bits per heavy atom. The molecule has 1 aromatic rings. The Bertz CT molecular complexity index is 315. The van der Waals surface area contributed by atoms with Gasteiger partial charge in [0.1, 0.15) is 0 Å². The second-order valence-corrected chi connectivity index (χ2v) is 3.35. The van der Waals surface area contributed by atoms with E-state index in [1.54, 1.807) is 24.3 Å². The molecular formula is C9H6BrF3. The molecule has 0 aliphatic carbocycles. The van der Waals surface area contributed by atoms with Gasteiger partial charge in [0.15, 0.2) is 0 Å². The van der Waals surface area contributed by atoms with Gasteiger partial charge in [-0.05, 0) is 17.7 Å². The molecule has 0 atom stereocenters. The maximum atomic E-state index is 11.7. The summed E-state index contributed by atoms with van der Waals surface area (Å²) in [6.07, 6.45) is -3.00. The highest BCUT2D eigenvalue weighted by Gasteiger charge is 2.21. The van der Waals surface area contributed by atoms with Gasteiger partial charge in [-0.1, -0.05) is 34.1 Å². The van der Waals surface area contributed by atoms with Crippen LogP contribution >= 0.6 is 15.9 Å². The van der Waals surface area contributed by atoms with Crippen LogP contribution in [-0.4, -0.2) is 6.18 Å². The minimum Gasteiger partial charge on any atom is -0.167 e. The maximum absolute atomic E-state index is 11.7. The van der Waals surface area contributed by atoms with Gasteiger partial charge in [-0.2, -0.15) is 13.2 Å². The van der Waals surface area contributed by atoms with Gasteiger partial charge in [0.25, 0.3) is 0 Å². The molecule has 0 radical (unpaired) electrons. The van der Waals surface area contributed by atoms with Crippen molar-refractivity contribution >= 4 is 22.0 Å². The highest BCUT2D eigenvalue weighted by Crippen LogP contribution is 2.19. The molecule has 0 saturated heterocycles. The quantitative estimate of drug-likeness (QED) is 0.706. The third kappa shape index (κ3) is 4.12. The van der Waals surface area contributed by atoms with Crippen LogP contribution in [0.25, 0.3) is 6.08 Å². The normalized spacial score (nSPS) is 12.3. The third-order valence-electron chi connectivity index (χ3n) is 1.31. The van der Waals surface area contributed by atoms with Crippen LogP contribution in [0.3, 0.4) is 0 Å². The van der Waals surface area contributed by atoms with E-state index in [-0.39, 0.29) is 6.08 Å². The van der Waals surface area contributed by atoms with E-state index in [9.17, 15) is 13.2 Å². The molecule has 13 heavy (non-hydrogen) atoms. The van der Waals surface area contributed by atoms with Gasteiger partial charge in [-0.25, -0.2) is 0 Å². The summed E-state index contributed by atoms with van der Waals surface area (Å²) in [4.78, 5) is 0. The second kappa shape index (κ2) is 3.96. The Morgan fingerprint density at radius 2 is 1.92 bits per heavy atom. The molecule has 0 unspecified atom stereocenters. The largest absolute Gasteiger partial charge is 0.409 e. The van der Waals surface area contributed by atoms with Gasteiger partial charge < -0.3 is 0 Å². The molecule has 0 amide bonds.